The zero-order valence-corrected chi connectivity index (χ0v) is 16.0. The highest BCUT2D eigenvalue weighted by Gasteiger charge is 2.28. The van der Waals surface area contributed by atoms with Gasteiger partial charge in [0.2, 0.25) is 0 Å². The van der Waals surface area contributed by atoms with Crippen LogP contribution in [0.1, 0.15) is 51.7 Å². The van der Waals surface area contributed by atoms with Crippen molar-refractivity contribution in [3.8, 4) is 0 Å². The molecule has 25 heavy (non-hydrogen) atoms. The third-order valence-electron chi connectivity index (χ3n) is 4.49. The summed E-state index contributed by atoms with van der Waals surface area (Å²) in [6.45, 7) is 8.67. The number of anilines is 2. The monoisotopic (exact) mass is 340 g/mol. The maximum absolute atomic E-state index is 6.47. The molecule has 0 saturated carbocycles. The fourth-order valence-corrected chi connectivity index (χ4v) is 3.24. The highest BCUT2D eigenvalue weighted by molar-refractivity contribution is 5.41. The Hall–Kier alpha value is -2.00. The van der Waals surface area contributed by atoms with Crippen LogP contribution < -0.4 is 11.5 Å². The number of aryl methyl sites for hydroxylation is 2. The molecule has 3 nitrogen and oxygen atoms in total. The lowest BCUT2D eigenvalue weighted by Gasteiger charge is -2.36. The number of nitrogen functional groups attached to an aromatic ring is 2. The van der Waals surface area contributed by atoms with Crippen molar-refractivity contribution in [3.05, 3.63) is 59.7 Å². The summed E-state index contributed by atoms with van der Waals surface area (Å²) in [5, 5.41) is 0. The molecule has 0 aliphatic heterocycles. The summed E-state index contributed by atoms with van der Waals surface area (Å²) in [6, 6.07) is 16.2. The van der Waals surface area contributed by atoms with E-state index in [-0.39, 0.29) is 11.2 Å². The second-order valence-electron chi connectivity index (χ2n) is 8.11. The topological polar surface area (TPSA) is 61.3 Å². The van der Waals surface area contributed by atoms with Crippen molar-refractivity contribution in [1.29, 1.82) is 0 Å². The van der Waals surface area contributed by atoms with Crippen LogP contribution >= 0.6 is 0 Å². The lowest BCUT2D eigenvalue weighted by Crippen LogP contribution is -2.37. The zero-order chi connectivity index (χ0) is 18.5. The van der Waals surface area contributed by atoms with Crippen LogP contribution in [-0.2, 0) is 17.6 Å². The SMILES string of the molecule is CC(C)(CCc1cccc(N)c1)OC(C)(C)CCc1cccc(N)c1. The smallest absolute Gasteiger partial charge is 0.0637 e. The molecule has 0 saturated heterocycles. The summed E-state index contributed by atoms with van der Waals surface area (Å²) in [7, 11) is 0. The third kappa shape index (κ3) is 6.79. The summed E-state index contributed by atoms with van der Waals surface area (Å²) in [4.78, 5) is 0. The van der Waals surface area contributed by atoms with Gasteiger partial charge in [-0.25, -0.2) is 0 Å². The molecule has 0 radical (unpaired) electrons. The fourth-order valence-electron chi connectivity index (χ4n) is 3.24. The molecule has 0 spiro atoms. The van der Waals surface area contributed by atoms with Gasteiger partial charge in [-0.15, -0.1) is 0 Å². The second kappa shape index (κ2) is 7.92. The highest BCUT2D eigenvalue weighted by Crippen LogP contribution is 2.28. The average molecular weight is 341 g/mol. The van der Waals surface area contributed by atoms with Crippen LogP contribution in [0.2, 0.25) is 0 Å². The van der Waals surface area contributed by atoms with E-state index in [9.17, 15) is 0 Å². The quantitative estimate of drug-likeness (QED) is 0.665. The Morgan fingerprint density at radius 2 is 1.12 bits per heavy atom. The maximum atomic E-state index is 6.47. The van der Waals surface area contributed by atoms with E-state index < -0.39 is 0 Å². The molecule has 2 aromatic carbocycles. The minimum Gasteiger partial charge on any atom is -0.399 e. The van der Waals surface area contributed by atoms with Crippen LogP contribution in [0.25, 0.3) is 0 Å². The molecule has 0 aromatic heterocycles. The Kier molecular flexibility index (Phi) is 6.12. The van der Waals surface area contributed by atoms with Gasteiger partial charge < -0.3 is 16.2 Å². The number of ether oxygens (including phenoxy) is 1. The van der Waals surface area contributed by atoms with Gasteiger partial charge in [0.1, 0.15) is 0 Å². The van der Waals surface area contributed by atoms with Crippen LogP contribution in [0.3, 0.4) is 0 Å². The number of rotatable bonds is 8. The highest BCUT2D eigenvalue weighted by atomic mass is 16.5. The molecular formula is C22H32N2O. The van der Waals surface area contributed by atoms with Gasteiger partial charge in [0.25, 0.3) is 0 Å². The molecule has 0 aliphatic rings. The van der Waals surface area contributed by atoms with Gasteiger partial charge in [0, 0.05) is 11.4 Å². The molecule has 0 amide bonds. The van der Waals surface area contributed by atoms with Gasteiger partial charge in [-0.2, -0.15) is 0 Å². The Morgan fingerprint density at radius 3 is 1.48 bits per heavy atom. The van der Waals surface area contributed by atoms with E-state index >= 15 is 0 Å². The number of hydrogen-bond acceptors (Lipinski definition) is 3. The summed E-state index contributed by atoms with van der Waals surface area (Å²) in [5.74, 6) is 0. The minimum absolute atomic E-state index is 0.191. The molecule has 4 N–H and O–H groups in total. The first-order valence-corrected chi connectivity index (χ1v) is 9.04. The van der Waals surface area contributed by atoms with E-state index in [1.807, 2.05) is 36.4 Å². The molecule has 0 bridgehead atoms. The van der Waals surface area contributed by atoms with Crippen molar-refractivity contribution in [3.63, 3.8) is 0 Å². The van der Waals surface area contributed by atoms with E-state index in [2.05, 4.69) is 39.8 Å². The summed E-state index contributed by atoms with van der Waals surface area (Å²) in [6.07, 6.45) is 3.84. The molecule has 0 aliphatic carbocycles. The predicted molar refractivity (Wildman–Crippen MR) is 108 cm³/mol. The predicted octanol–water partition coefficient (Wildman–Crippen LogP) is 4.99. The fraction of sp³-hybridized carbons (Fsp3) is 0.455. The number of hydrogen-bond donors (Lipinski definition) is 2. The third-order valence-corrected chi connectivity index (χ3v) is 4.49. The molecule has 0 unspecified atom stereocenters. The van der Waals surface area contributed by atoms with Gasteiger partial charge in [-0.1, -0.05) is 24.3 Å². The Morgan fingerprint density at radius 1 is 0.720 bits per heavy atom. The lowest BCUT2D eigenvalue weighted by atomic mass is 9.94. The van der Waals surface area contributed by atoms with Crippen molar-refractivity contribution >= 4 is 11.4 Å². The summed E-state index contributed by atoms with van der Waals surface area (Å²) >= 11 is 0. The maximum Gasteiger partial charge on any atom is 0.0637 e. The summed E-state index contributed by atoms with van der Waals surface area (Å²) in [5.41, 5.74) is 15.5. The number of nitrogens with two attached hydrogens (primary N) is 2. The Labute approximate surface area is 152 Å². The molecule has 0 heterocycles. The number of benzene rings is 2. The Bertz CT molecular complexity index is 632. The van der Waals surface area contributed by atoms with Crippen molar-refractivity contribution < 1.29 is 4.74 Å². The molecule has 2 rings (SSSR count). The van der Waals surface area contributed by atoms with Crippen LogP contribution in [0.15, 0.2) is 48.5 Å². The van der Waals surface area contributed by atoms with E-state index in [0.29, 0.717) is 0 Å². The molecule has 136 valence electrons. The minimum atomic E-state index is -0.191. The van der Waals surface area contributed by atoms with Crippen LogP contribution in [0.4, 0.5) is 11.4 Å². The normalized spacial score (nSPS) is 12.3. The first-order valence-electron chi connectivity index (χ1n) is 9.04. The van der Waals surface area contributed by atoms with Crippen molar-refractivity contribution in [2.24, 2.45) is 0 Å². The zero-order valence-electron chi connectivity index (χ0n) is 16.0. The van der Waals surface area contributed by atoms with Crippen molar-refractivity contribution in [2.45, 2.75) is 64.6 Å². The van der Waals surface area contributed by atoms with Crippen LogP contribution in [0, 0.1) is 0 Å². The Balaban J connectivity index is 1.88. The van der Waals surface area contributed by atoms with Crippen molar-refractivity contribution in [1.82, 2.24) is 0 Å². The first-order chi connectivity index (χ1) is 11.7. The van der Waals surface area contributed by atoms with E-state index in [1.54, 1.807) is 0 Å². The van der Waals surface area contributed by atoms with E-state index in [1.165, 1.54) is 11.1 Å². The van der Waals surface area contributed by atoms with Crippen LogP contribution in [-0.4, -0.2) is 11.2 Å². The van der Waals surface area contributed by atoms with Gasteiger partial charge >= 0.3 is 0 Å². The van der Waals surface area contributed by atoms with E-state index in [4.69, 9.17) is 16.2 Å². The van der Waals surface area contributed by atoms with Gasteiger partial charge in [-0.05, 0) is 88.8 Å². The first kappa shape index (κ1) is 19.3. The lowest BCUT2D eigenvalue weighted by molar-refractivity contribution is -0.128. The van der Waals surface area contributed by atoms with Crippen LogP contribution in [0.5, 0.6) is 0 Å². The van der Waals surface area contributed by atoms with Crippen molar-refractivity contribution in [2.75, 3.05) is 11.5 Å². The molecule has 2 aromatic rings. The van der Waals surface area contributed by atoms with Gasteiger partial charge in [-0.3, -0.25) is 0 Å². The molecule has 3 heteroatoms. The van der Waals surface area contributed by atoms with Gasteiger partial charge in [0.05, 0.1) is 11.2 Å². The standard InChI is InChI=1S/C22H32N2O/c1-21(2,13-11-17-7-5-9-19(23)15-17)25-22(3,4)14-12-18-8-6-10-20(24)16-18/h5-10,15-16H,11-14,23-24H2,1-4H3. The molecule has 0 fully saturated rings. The second-order valence-corrected chi connectivity index (χ2v) is 8.11. The molecule has 0 atom stereocenters. The summed E-state index contributed by atoms with van der Waals surface area (Å²) < 4.78 is 6.47. The van der Waals surface area contributed by atoms with Gasteiger partial charge in [0.15, 0.2) is 0 Å². The van der Waals surface area contributed by atoms with E-state index in [0.717, 1.165) is 37.1 Å². The molecular weight excluding hydrogens is 308 g/mol. The average Bonchev–Trinajstić information content (AvgIpc) is 2.51. The largest absolute Gasteiger partial charge is 0.399 e.